The normalized spacial score (nSPS) is 13.0. The Morgan fingerprint density at radius 2 is 0.692 bits per heavy atom. The fourth-order valence-electron chi connectivity index (χ4n) is 3.64. The van der Waals surface area contributed by atoms with Crippen LogP contribution in [-0.4, -0.2) is 95.3 Å². The van der Waals surface area contributed by atoms with Crippen LogP contribution in [0.5, 0.6) is 0 Å². The highest BCUT2D eigenvalue weighted by Gasteiger charge is 2.28. The van der Waals surface area contributed by atoms with Gasteiger partial charge in [0, 0.05) is 13.1 Å². The van der Waals surface area contributed by atoms with Gasteiger partial charge in [-0.25, -0.2) is 0 Å². The van der Waals surface area contributed by atoms with Crippen molar-refractivity contribution >= 4 is 23.9 Å². The zero-order valence-electron chi connectivity index (χ0n) is 26.7. The van der Waals surface area contributed by atoms with Gasteiger partial charge in [0.15, 0.2) is 0 Å². The van der Waals surface area contributed by atoms with Gasteiger partial charge in [0.1, 0.15) is 22.4 Å². The second-order valence-electron chi connectivity index (χ2n) is 14.0. The standard InChI is InChI=1S/C29H54N2O8/c1-14-21(15-30(17-22(32)36-26(2,3)4)18-23(33)37-27(5,6)7)16-31(19-24(34)38-28(8,9)10)20-25(35)39-29(11,12)13/h21H,14-20H2,1-13H3. The van der Waals surface area contributed by atoms with E-state index in [4.69, 9.17) is 18.9 Å². The van der Waals surface area contributed by atoms with E-state index in [0.717, 1.165) is 0 Å². The van der Waals surface area contributed by atoms with E-state index in [2.05, 4.69) is 0 Å². The second-order valence-corrected chi connectivity index (χ2v) is 14.0. The monoisotopic (exact) mass is 558 g/mol. The number of hydrogen-bond donors (Lipinski definition) is 0. The number of ether oxygens (including phenoxy) is 4. The molecule has 0 rings (SSSR count). The predicted molar refractivity (Wildman–Crippen MR) is 150 cm³/mol. The summed E-state index contributed by atoms with van der Waals surface area (Å²) in [5.74, 6) is -1.93. The summed E-state index contributed by atoms with van der Waals surface area (Å²) in [5, 5.41) is 0. The van der Waals surface area contributed by atoms with Crippen molar-refractivity contribution < 1.29 is 38.1 Å². The molecule has 0 aliphatic heterocycles. The Labute approximate surface area is 236 Å². The Kier molecular flexibility index (Phi) is 14.1. The number of carbonyl (C=O) groups is 4. The van der Waals surface area contributed by atoms with Gasteiger partial charge in [-0.05, 0) is 89.0 Å². The summed E-state index contributed by atoms with van der Waals surface area (Å²) in [4.78, 5) is 53.9. The third kappa shape index (κ3) is 21.3. The summed E-state index contributed by atoms with van der Waals surface area (Å²) in [5.41, 5.74) is -2.68. The Balaban J connectivity index is 5.78. The van der Waals surface area contributed by atoms with Gasteiger partial charge < -0.3 is 18.9 Å². The molecule has 0 aromatic heterocycles. The summed E-state index contributed by atoms with van der Waals surface area (Å²) < 4.78 is 21.9. The molecule has 0 unspecified atom stereocenters. The fraction of sp³-hybridized carbons (Fsp3) is 0.862. The highest BCUT2D eigenvalue weighted by molar-refractivity contribution is 5.76. The number of carbonyl (C=O) groups excluding carboxylic acids is 4. The van der Waals surface area contributed by atoms with Crippen LogP contribution in [0.25, 0.3) is 0 Å². The molecule has 0 fully saturated rings. The smallest absolute Gasteiger partial charge is 0.320 e. The van der Waals surface area contributed by atoms with Gasteiger partial charge >= 0.3 is 23.9 Å². The maximum atomic E-state index is 12.6. The average molecular weight is 559 g/mol. The van der Waals surface area contributed by atoms with E-state index in [-0.39, 0.29) is 32.1 Å². The Morgan fingerprint density at radius 1 is 0.487 bits per heavy atom. The van der Waals surface area contributed by atoms with Crippen LogP contribution in [0.15, 0.2) is 0 Å². The van der Waals surface area contributed by atoms with Gasteiger partial charge in [0.2, 0.25) is 0 Å². The zero-order valence-corrected chi connectivity index (χ0v) is 26.7. The minimum absolute atomic E-state index is 0.0975. The average Bonchev–Trinajstić information content (AvgIpc) is 2.60. The molecule has 0 N–H and O–H groups in total. The molecule has 0 saturated heterocycles. The van der Waals surface area contributed by atoms with Gasteiger partial charge in [-0.1, -0.05) is 13.3 Å². The molecule has 0 amide bonds. The van der Waals surface area contributed by atoms with Gasteiger partial charge in [-0.15, -0.1) is 0 Å². The van der Waals surface area contributed by atoms with Crippen molar-refractivity contribution in [3.63, 3.8) is 0 Å². The first kappa shape index (κ1) is 36.8. The molecule has 39 heavy (non-hydrogen) atoms. The van der Waals surface area contributed by atoms with Crippen molar-refractivity contribution in [1.82, 2.24) is 9.80 Å². The topological polar surface area (TPSA) is 112 Å². The fourth-order valence-corrected chi connectivity index (χ4v) is 3.64. The molecular weight excluding hydrogens is 504 g/mol. The van der Waals surface area contributed by atoms with E-state index in [1.807, 2.05) is 6.92 Å². The van der Waals surface area contributed by atoms with Crippen LogP contribution in [0.1, 0.15) is 96.4 Å². The number of rotatable bonds is 13. The lowest BCUT2D eigenvalue weighted by molar-refractivity contribution is -0.161. The summed E-state index contributed by atoms with van der Waals surface area (Å²) in [6.45, 7) is 23.6. The van der Waals surface area contributed by atoms with Crippen LogP contribution in [0, 0.1) is 5.92 Å². The van der Waals surface area contributed by atoms with E-state index in [9.17, 15) is 19.2 Å². The number of nitrogens with zero attached hydrogens (tertiary/aromatic N) is 2. The van der Waals surface area contributed by atoms with E-state index < -0.39 is 46.3 Å². The molecule has 0 aliphatic carbocycles. The molecule has 0 aromatic carbocycles. The molecule has 0 bridgehead atoms. The van der Waals surface area contributed by atoms with Crippen LogP contribution in [0.2, 0.25) is 0 Å². The summed E-state index contributed by atoms with van der Waals surface area (Å²) in [6.07, 6.45) is 0.665. The Morgan fingerprint density at radius 3 is 0.846 bits per heavy atom. The summed E-state index contributed by atoms with van der Waals surface area (Å²) >= 11 is 0. The molecule has 10 heteroatoms. The largest absolute Gasteiger partial charge is 0.459 e. The SMILES string of the molecule is CCC(CN(CC(=O)OC(C)(C)C)CC(=O)OC(C)(C)C)CN(CC(=O)OC(C)(C)C)CC(=O)OC(C)(C)C. The molecule has 0 radical (unpaired) electrons. The molecule has 0 heterocycles. The van der Waals surface area contributed by atoms with Crippen molar-refractivity contribution in [2.24, 2.45) is 5.92 Å². The van der Waals surface area contributed by atoms with Gasteiger partial charge in [-0.2, -0.15) is 0 Å². The van der Waals surface area contributed by atoms with Crippen LogP contribution >= 0.6 is 0 Å². The maximum Gasteiger partial charge on any atom is 0.320 e. The third-order valence-electron chi connectivity index (χ3n) is 4.70. The van der Waals surface area contributed by atoms with Crippen molar-refractivity contribution in [2.45, 2.75) is 119 Å². The number of hydrogen-bond acceptors (Lipinski definition) is 10. The first-order valence-electron chi connectivity index (χ1n) is 13.7. The number of esters is 4. The third-order valence-corrected chi connectivity index (χ3v) is 4.70. The molecule has 0 atom stereocenters. The zero-order chi connectivity index (χ0) is 30.8. The minimum Gasteiger partial charge on any atom is -0.459 e. The Bertz CT molecular complexity index is 687. The lowest BCUT2D eigenvalue weighted by atomic mass is 10.0. The molecule has 0 aromatic rings. The molecule has 10 nitrogen and oxygen atoms in total. The van der Waals surface area contributed by atoms with Crippen LogP contribution in [0.4, 0.5) is 0 Å². The van der Waals surface area contributed by atoms with Crippen molar-refractivity contribution in [3.05, 3.63) is 0 Å². The van der Waals surface area contributed by atoms with Gasteiger partial charge in [0.05, 0.1) is 26.2 Å². The Hall–Kier alpha value is -2.20. The minimum atomic E-state index is -0.670. The van der Waals surface area contributed by atoms with Gasteiger partial charge in [-0.3, -0.25) is 29.0 Å². The highest BCUT2D eigenvalue weighted by atomic mass is 16.6. The first-order chi connectivity index (χ1) is 17.4. The first-order valence-corrected chi connectivity index (χ1v) is 13.7. The van der Waals surface area contributed by atoms with Crippen molar-refractivity contribution in [2.75, 3.05) is 39.3 Å². The van der Waals surface area contributed by atoms with E-state index in [1.54, 1.807) is 92.9 Å². The lowest BCUT2D eigenvalue weighted by Crippen LogP contribution is -2.46. The molecule has 0 spiro atoms. The van der Waals surface area contributed by atoms with Crippen LogP contribution in [-0.2, 0) is 38.1 Å². The summed E-state index contributed by atoms with van der Waals surface area (Å²) in [7, 11) is 0. The lowest BCUT2D eigenvalue weighted by Gasteiger charge is -2.32. The second kappa shape index (κ2) is 15.0. The molecule has 228 valence electrons. The van der Waals surface area contributed by atoms with Crippen molar-refractivity contribution in [1.29, 1.82) is 0 Å². The molecule has 0 aliphatic rings. The molecule has 0 saturated carbocycles. The molecular formula is C29H54N2O8. The highest BCUT2D eigenvalue weighted by Crippen LogP contribution is 2.15. The van der Waals surface area contributed by atoms with E-state index >= 15 is 0 Å². The predicted octanol–water partition coefficient (Wildman–Crippen LogP) is 3.98. The van der Waals surface area contributed by atoms with Crippen LogP contribution < -0.4 is 0 Å². The maximum absolute atomic E-state index is 12.6. The van der Waals surface area contributed by atoms with Gasteiger partial charge in [0.25, 0.3) is 0 Å². The van der Waals surface area contributed by atoms with Crippen molar-refractivity contribution in [3.8, 4) is 0 Å². The van der Waals surface area contributed by atoms with Crippen LogP contribution in [0.3, 0.4) is 0 Å². The van der Waals surface area contributed by atoms with E-state index in [0.29, 0.717) is 19.5 Å². The quantitative estimate of drug-likeness (QED) is 0.243. The van der Waals surface area contributed by atoms with E-state index in [1.165, 1.54) is 0 Å². The summed E-state index contributed by atoms with van der Waals surface area (Å²) in [6, 6.07) is 0.